The van der Waals surface area contributed by atoms with E-state index < -0.39 is 17.9 Å². The van der Waals surface area contributed by atoms with Crippen LogP contribution >= 0.6 is 27.5 Å². The largest absolute Gasteiger partial charge is 0.493 e. The summed E-state index contributed by atoms with van der Waals surface area (Å²) < 4.78 is 11.2. The second kappa shape index (κ2) is 11.0. The number of hydrogen-bond donors (Lipinski definition) is 2. The Kier molecular flexibility index (Phi) is 8.68. The lowest BCUT2D eigenvalue weighted by molar-refractivity contribution is -0.123. The van der Waals surface area contributed by atoms with E-state index in [1.54, 1.807) is 43.5 Å². The van der Waals surface area contributed by atoms with E-state index in [0.29, 0.717) is 32.1 Å². The minimum Gasteiger partial charge on any atom is -0.493 e. The summed E-state index contributed by atoms with van der Waals surface area (Å²) in [7, 11) is 3.07. The lowest BCUT2D eigenvalue weighted by Crippen LogP contribution is -2.48. The van der Waals surface area contributed by atoms with Gasteiger partial charge in [0.15, 0.2) is 11.5 Å². The van der Waals surface area contributed by atoms with Crippen molar-refractivity contribution < 1.29 is 19.1 Å². The minimum absolute atomic E-state index is 0.167. The fourth-order valence-corrected chi connectivity index (χ4v) is 3.25. The Bertz CT molecular complexity index is 950. The van der Waals surface area contributed by atoms with Crippen LogP contribution in [0.4, 0.5) is 0 Å². The number of ether oxygens (including phenoxy) is 2. The van der Waals surface area contributed by atoms with Crippen molar-refractivity contribution in [3.63, 3.8) is 0 Å². The van der Waals surface area contributed by atoms with Crippen molar-refractivity contribution in [3.8, 4) is 11.5 Å². The van der Waals surface area contributed by atoms with Gasteiger partial charge in [0.25, 0.3) is 11.8 Å². The monoisotopic (exact) mass is 495 g/mol. The number of methoxy groups -OCH3 is 2. The Balaban J connectivity index is 2.10. The van der Waals surface area contributed by atoms with Crippen LogP contribution in [-0.2, 0) is 4.79 Å². The number of rotatable bonds is 8. The molecule has 0 aliphatic carbocycles. The van der Waals surface area contributed by atoms with Gasteiger partial charge in [0.05, 0.1) is 31.0 Å². The maximum Gasteiger partial charge on any atom is 0.262 e. The molecule has 2 rings (SSSR count). The molecule has 0 aliphatic heterocycles. The average Bonchev–Trinajstić information content (AvgIpc) is 2.72. The van der Waals surface area contributed by atoms with E-state index in [9.17, 15) is 9.59 Å². The zero-order valence-corrected chi connectivity index (χ0v) is 19.4. The van der Waals surface area contributed by atoms with Crippen LogP contribution in [0.3, 0.4) is 0 Å². The molecule has 30 heavy (non-hydrogen) atoms. The van der Waals surface area contributed by atoms with Crippen LogP contribution in [0.2, 0.25) is 5.02 Å². The van der Waals surface area contributed by atoms with Crippen molar-refractivity contribution in [2.45, 2.75) is 19.9 Å². The highest BCUT2D eigenvalue weighted by atomic mass is 79.9. The molecule has 2 aromatic carbocycles. The predicted octanol–water partition coefficient (Wildman–Crippen LogP) is 4.02. The van der Waals surface area contributed by atoms with Crippen LogP contribution in [0, 0.1) is 5.92 Å². The van der Waals surface area contributed by atoms with E-state index in [-0.39, 0.29) is 5.92 Å². The first-order chi connectivity index (χ1) is 14.3. The highest BCUT2D eigenvalue weighted by molar-refractivity contribution is 9.10. The third-order valence-corrected chi connectivity index (χ3v) is 5.25. The molecule has 0 saturated carbocycles. The van der Waals surface area contributed by atoms with Gasteiger partial charge in [-0.3, -0.25) is 9.59 Å². The van der Waals surface area contributed by atoms with E-state index in [1.807, 2.05) is 13.8 Å². The van der Waals surface area contributed by atoms with Gasteiger partial charge in [-0.1, -0.05) is 37.6 Å². The first-order valence-corrected chi connectivity index (χ1v) is 10.2. The van der Waals surface area contributed by atoms with Crippen LogP contribution in [0.5, 0.6) is 11.5 Å². The summed E-state index contributed by atoms with van der Waals surface area (Å²) in [6.45, 7) is 3.65. The average molecular weight is 497 g/mol. The summed E-state index contributed by atoms with van der Waals surface area (Å²) in [6, 6.07) is 9.31. The second-order valence-corrected chi connectivity index (χ2v) is 7.90. The van der Waals surface area contributed by atoms with Gasteiger partial charge in [0.1, 0.15) is 6.04 Å². The lowest BCUT2D eigenvalue weighted by atomic mass is 10.0. The van der Waals surface area contributed by atoms with Crippen molar-refractivity contribution >= 4 is 45.6 Å². The zero-order valence-electron chi connectivity index (χ0n) is 17.0. The Morgan fingerprint density at radius 1 is 1.13 bits per heavy atom. The van der Waals surface area contributed by atoms with Crippen molar-refractivity contribution in [1.29, 1.82) is 0 Å². The molecule has 0 aliphatic rings. The van der Waals surface area contributed by atoms with Gasteiger partial charge in [0, 0.05) is 10.0 Å². The van der Waals surface area contributed by atoms with E-state index in [2.05, 4.69) is 31.8 Å². The van der Waals surface area contributed by atoms with Gasteiger partial charge >= 0.3 is 0 Å². The minimum atomic E-state index is -0.792. The van der Waals surface area contributed by atoms with Gasteiger partial charge in [-0.05, 0) is 46.1 Å². The summed E-state index contributed by atoms with van der Waals surface area (Å²) in [4.78, 5) is 25.1. The molecule has 7 nitrogen and oxygen atoms in total. The Hall–Kier alpha value is -2.58. The maximum atomic E-state index is 12.6. The predicted molar refractivity (Wildman–Crippen MR) is 121 cm³/mol. The van der Waals surface area contributed by atoms with Crippen LogP contribution in [0.25, 0.3) is 0 Å². The molecular formula is C21H23BrClN3O4. The Labute approximate surface area is 188 Å². The quantitative estimate of drug-likeness (QED) is 0.427. The van der Waals surface area contributed by atoms with E-state index >= 15 is 0 Å². The molecule has 0 radical (unpaired) electrons. The molecule has 0 aromatic heterocycles. The number of carbonyl (C=O) groups excluding carboxylic acids is 2. The standard InChI is InChI=1S/C21H23BrClN3O4/c1-12(2)19(25-20(27)14-7-5-6-8-16(14)23)21(28)26-24-11-13-9-17(29-3)18(30-4)10-15(13)22/h5-12,19H,1-4H3,(H,25,27)(H,26,28). The van der Waals surface area contributed by atoms with Crippen molar-refractivity contribution in [2.24, 2.45) is 11.0 Å². The molecule has 9 heteroatoms. The third-order valence-electron chi connectivity index (χ3n) is 4.24. The fraction of sp³-hybridized carbons (Fsp3) is 0.286. The van der Waals surface area contributed by atoms with Gasteiger partial charge in [-0.15, -0.1) is 0 Å². The summed E-state index contributed by atoms with van der Waals surface area (Å²) in [5.41, 5.74) is 3.44. The first kappa shape index (κ1) is 23.7. The highest BCUT2D eigenvalue weighted by Gasteiger charge is 2.25. The summed E-state index contributed by atoms with van der Waals surface area (Å²) in [6.07, 6.45) is 1.47. The molecule has 2 amide bonds. The smallest absolute Gasteiger partial charge is 0.262 e. The maximum absolute atomic E-state index is 12.6. The summed E-state index contributed by atoms with van der Waals surface area (Å²) >= 11 is 9.49. The van der Waals surface area contributed by atoms with Crippen LogP contribution in [0.15, 0.2) is 46.0 Å². The van der Waals surface area contributed by atoms with Crippen LogP contribution < -0.4 is 20.2 Å². The number of benzene rings is 2. The van der Waals surface area contributed by atoms with Crippen LogP contribution in [0.1, 0.15) is 29.8 Å². The van der Waals surface area contributed by atoms with Gasteiger partial charge in [-0.25, -0.2) is 5.43 Å². The molecule has 1 atom stereocenters. The number of halogens is 2. The molecule has 0 fully saturated rings. The van der Waals surface area contributed by atoms with Crippen molar-refractivity contribution in [1.82, 2.24) is 10.7 Å². The lowest BCUT2D eigenvalue weighted by Gasteiger charge is -2.20. The first-order valence-electron chi connectivity index (χ1n) is 9.08. The number of nitrogens with one attached hydrogen (secondary N) is 2. The number of hydrogen-bond acceptors (Lipinski definition) is 5. The highest BCUT2D eigenvalue weighted by Crippen LogP contribution is 2.32. The van der Waals surface area contributed by atoms with E-state index in [1.165, 1.54) is 13.3 Å². The molecule has 0 saturated heterocycles. The van der Waals surface area contributed by atoms with Gasteiger partial charge < -0.3 is 14.8 Å². The molecule has 0 heterocycles. The topological polar surface area (TPSA) is 89.0 Å². The molecule has 1 unspecified atom stereocenters. The molecule has 2 aromatic rings. The van der Waals surface area contributed by atoms with Crippen LogP contribution in [-0.4, -0.2) is 38.3 Å². The summed E-state index contributed by atoms with van der Waals surface area (Å²) in [5.74, 6) is 0.0482. The molecule has 160 valence electrons. The number of nitrogens with zero attached hydrogens (tertiary/aromatic N) is 1. The molecule has 0 spiro atoms. The van der Waals surface area contributed by atoms with E-state index in [4.69, 9.17) is 21.1 Å². The number of amides is 2. The van der Waals surface area contributed by atoms with Crippen molar-refractivity contribution in [3.05, 3.63) is 57.0 Å². The SMILES string of the molecule is COc1cc(Br)c(C=NNC(=O)C(NC(=O)c2ccccc2Cl)C(C)C)cc1OC. The van der Waals surface area contributed by atoms with E-state index in [0.717, 1.165) is 0 Å². The summed E-state index contributed by atoms with van der Waals surface area (Å²) in [5, 5.41) is 7.03. The van der Waals surface area contributed by atoms with Gasteiger partial charge in [0.2, 0.25) is 0 Å². The normalized spacial score (nSPS) is 12.0. The third kappa shape index (κ3) is 5.96. The number of hydrazone groups is 1. The molecule has 2 N–H and O–H groups in total. The second-order valence-electron chi connectivity index (χ2n) is 6.64. The Morgan fingerprint density at radius 2 is 1.77 bits per heavy atom. The van der Waals surface area contributed by atoms with Crippen molar-refractivity contribution in [2.75, 3.05) is 14.2 Å². The molecular weight excluding hydrogens is 474 g/mol. The number of carbonyl (C=O) groups is 2. The molecule has 0 bridgehead atoms. The Morgan fingerprint density at radius 3 is 2.37 bits per heavy atom. The zero-order chi connectivity index (χ0) is 22.3. The van der Waals surface area contributed by atoms with Gasteiger partial charge in [-0.2, -0.15) is 5.10 Å². The fourth-order valence-electron chi connectivity index (χ4n) is 2.60.